The van der Waals surface area contributed by atoms with Gasteiger partial charge in [0.1, 0.15) is 11.2 Å². The molecule has 0 saturated carbocycles. The zero-order valence-electron chi connectivity index (χ0n) is 35.4. The number of furan rings is 1. The van der Waals surface area contributed by atoms with Crippen LogP contribution in [0.4, 0.5) is 17.1 Å². The number of aromatic nitrogens is 1. The van der Waals surface area contributed by atoms with Gasteiger partial charge in [-0.2, -0.15) is 0 Å². The van der Waals surface area contributed by atoms with Gasteiger partial charge in [0.05, 0.1) is 11.0 Å². The van der Waals surface area contributed by atoms with Gasteiger partial charge >= 0.3 is 0 Å². The summed E-state index contributed by atoms with van der Waals surface area (Å²) in [6.07, 6.45) is 0. The highest BCUT2D eigenvalue weighted by molar-refractivity contribution is 6.13. The van der Waals surface area contributed by atoms with Crippen molar-refractivity contribution in [3.05, 3.63) is 243 Å². The summed E-state index contributed by atoms with van der Waals surface area (Å²) in [4.78, 5) is 2.35. The van der Waals surface area contributed by atoms with E-state index in [0.717, 1.165) is 61.4 Å². The first-order valence-corrected chi connectivity index (χ1v) is 22.2. The minimum atomic E-state index is 0.903. The van der Waals surface area contributed by atoms with E-state index in [1.165, 1.54) is 60.0 Å². The monoisotopic (exact) mass is 828 g/mol. The van der Waals surface area contributed by atoms with Crippen LogP contribution in [-0.4, -0.2) is 4.57 Å². The van der Waals surface area contributed by atoms with Crippen LogP contribution < -0.4 is 4.90 Å². The van der Waals surface area contributed by atoms with Crippen molar-refractivity contribution in [2.75, 3.05) is 4.90 Å². The van der Waals surface area contributed by atoms with Crippen molar-refractivity contribution in [3.63, 3.8) is 0 Å². The largest absolute Gasteiger partial charge is 0.455 e. The van der Waals surface area contributed by atoms with Gasteiger partial charge < -0.3 is 13.9 Å². The third-order valence-electron chi connectivity index (χ3n) is 13.2. The van der Waals surface area contributed by atoms with Gasteiger partial charge in [-0.15, -0.1) is 0 Å². The van der Waals surface area contributed by atoms with Crippen molar-refractivity contribution in [2.24, 2.45) is 0 Å². The van der Waals surface area contributed by atoms with Gasteiger partial charge in [-0.25, -0.2) is 0 Å². The molecule has 65 heavy (non-hydrogen) atoms. The van der Waals surface area contributed by atoms with Crippen LogP contribution >= 0.6 is 0 Å². The van der Waals surface area contributed by atoms with Crippen LogP contribution in [0.25, 0.3) is 104 Å². The van der Waals surface area contributed by atoms with Crippen LogP contribution in [0.5, 0.6) is 0 Å². The molecule has 0 aliphatic heterocycles. The summed E-state index contributed by atoms with van der Waals surface area (Å²) in [7, 11) is 0. The lowest BCUT2D eigenvalue weighted by Gasteiger charge is -2.26. The summed E-state index contributed by atoms with van der Waals surface area (Å²) in [5, 5.41) is 9.84. The van der Waals surface area contributed by atoms with E-state index < -0.39 is 0 Å². The molecule has 0 N–H and O–H groups in total. The number of para-hydroxylation sites is 4. The standard InChI is InChI=1S/C62H40N2O/c1-2-15-50-42(12-1)32-39-54-51(19-10-21-53(50)54)43-28-35-47(36-29-43)63(48-37-30-44(31-38-48)52-20-11-22-58-57-18-5-8-25-61(57)65-62(52)58)46-33-26-41(27-34-46)45-13-9-14-49(40-45)64-59-23-6-3-16-55(59)56-17-4-7-24-60(56)64/h1-40H. The molecule has 0 atom stereocenters. The van der Waals surface area contributed by atoms with Gasteiger partial charge in [-0.05, 0) is 116 Å². The van der Waals surface area contributed by atoms with E-state index >= 15 is 0 Å². The zero-order valence-corrected chi connectivity index (χ0v) is 35.4. The number of hydrogen-bond acceptors (Lipinski definition) is 2. The van der Waals surface area contributed by atoms with Gasteiger partial charge in [-0.1, -0.05) is 176 Å². The Balaban J connectivity index is 0.895. The lowest BCUT2D eigenvalue weighted by Crippen LogP contribution is -2.09. The Kier molecular flexibility index (Phi) is 8.53. The Labute approximate surface area is 376 Å². The van der Waals surface area contributed by atoms with E-state index in [1.807, 2.05) is 12.1 Å². The van der Waals surface area contributed by atoms with Crippen LogP contribution in [0.1, 0.15) is 0 Å². The Morgan fingerprint density at radius 2 is 0.831 bits per heavy atom. The second-order valence-electron chi connectivity index (χ2n) is 16.9. The summed E-state index contributed by atoms with van der Waals surface area (Å²) in [5.41, 5.74) is 15.5. The van der Waals surface area contributed by atoms with Crippen LogP contribution in [0.3, 0.4) is 0 Å². The van der Waals surface area contributed by atoms with E-state index in [-0.39, 0.29) is 0 Å². The molecule has 0 fully saturated rings. The first kappa shape index (κ1) is 36.9. The third-order valence-corrected chi connectivity index (χ3v) is 13.2. The lowest BCUT2D eigenvalue weighted by atomic mass is 9.94. The second-order valence-corrected chi connectivity index (χ2v) is 16.9. The first-order valence-electron chi connectivity index (χ1n) is 22.2. The average Bonchev–Trinajstić information content (AvgIpc) is 3.93. The Bertz CT molecular complexity index is 3880. The SMILES string of the molecule is c1cc(-c2ccc(N(c3ccc(-c4cccc5c4ccc4ccccc45)cc3)c3ccc(-c4cccc5c4oc4ccccc45)cc3)cc2)cc(-n2c3ccccc3c3ccccc32)c1. The first-order chi connectivity index (χ1) is 32.2. The van der Waals surface area contributed by atoms with Crippen molar-refractivity contribution < 1.29 is 4.42 Å². The van der Waals surface area contributed by atoms with Crippen molar-refractivity contribution in [3.8, 4) is 39.1 Å². The highest BCUT2D eigenvalue weighted by atomic mass is 16.3. The van der Waals surface area contributed by atoms with Gasteiger partial charge in [0.2, 0.25) is 0 Å². The number of nitrogens with zero attached hydrogens (tertiary/aromatic N) is 2. The molecule has 0 amide bonds. The summed E-state index contributed by atoms with van der Waals surface area (Å²) in [6, 6.07) is 87.6. The molecule has 0 aliphatic carbocycles. The van der Waals surface area contributed by atoms with Crippen molar-refractivity contribution >= 4 is 82.4 Å². The molecular weight excluding hydrogens is 789 g/mol. The molecule has 2 aromatic heterocycles. The fourth-order valence-corrected chi connectivity index (χ4v) is 10.1. The molecule has 0 aliphatic rings. The van der Waals surface area contributed by atoms with Gasteiger partial charge in [-0.3, -0.25) is 0 Å². The van der Waals surface area contributed by atoms with E-state index in [0.29, 0.717) is 0 Å². The smallest absolute Gasteiger partial charge is 0.143 e. The molecule has 0 bridgehead atoms. The van der Waals surface area contributed by atoms with E-state index in [2.05, 4.69) is 240 Å². The average molecular weight is 829 g/mol. The normalized spacial score (nSPS) is 11.7. The van der Waals surface area contributed by atoms with Crippen LogP contribution in [0.2, 0.25) is 0 Å². The zero-order chi connectivity index (χ0) is 42.8. The number of hydrogen-bond donors (Lipinski definition) is 0. The molecule has 13 rings (SSSR count). The minimum Gasteiger partial charge on any atom is -0.455 e. The van der Waals surface area contributed by atoms with Gasteiger partial charge in [0.15, 0.2) is 0 Å². The van der Waals surface area contributed by atoms with Crippen LogP contribution in [0.15, 0.2) is 247 Å². The highest BCUT2D eigenvalue weighted by Gasteiger charge is 2.18. The Morgan fingerprint density at radius 3 is 1.52 bits per heavy atom. The predicted octanol–water partition coefficient (Wildman–Crippen LogP) is 17.5. The van der Waals surface area contributed by atoms with Gasteiger partial charge in [0, 0.05) is 49.9 Å². The van der Waals surface area contributed by atoms with E-state index in [1.54, 1.807) is 0 Å². The topological polar surface area (TPSA) is 21.3 Å². The lowest BCUT2D eigenvalue weighted by molar-refractivity contribution is 0.670. The molecular formula is C62H40N2O. The molecule has 0 spiro atoms. The summed E-state index contributed by atoms with van der Waals surface area (Å²) in [5.74, 6) is 0. The molecule has 0 saturated heterocycles. The van der Waals surface area contributed by atoms with Crippen LogP contribution in [-0.2, 0) is 0 Å². The molecule has 3 heteroatoms. The number of fused-ring (bicyclic) bond motifs is 9. The van der Waals surface area contributed by atoms with E-state index in [9.17, 15) is 0 Å². The molecule has 3 nitrogen and oxygen atoms in total. The second kappa shape index (κ2) is 15.0. The predicted molar refractivity (Wildman–Crippen MR) is 274 cm³/mol. The number of rotatable bonds is 7. The maximum atomic E-state index is 6.45. The molecule has 11 aromatic carbocycles. The summed E-state index contributed by atoms with van der Waals surface area (Å²) < 4.78 is 8.83. The highest BCUT2D eigenvalue weighted by Crippen LogP contribution is 2.42. The molecule has 0 unspecified atom stereocenters. The Hall–Kier alpha value is -8.66. The van der Waals surface area contributed by atoms with E-state index in [4.69, 9.17) is 4.42 Å². The maximum Gasteiger partial charge on any atom is 0.143 e. The molecule has 13 aromatic rings. The Morgan fingerprint density at radius 1 is 0.308 bits per heavy atom. The van der Waals surface area contributed by atoms with Crippen molar-refractivity contribution in [1.82, 2.24) is 4.57 Å². The maximum absolute atomic E-state index is 6.45. The van der Waals surface area contributed by atoms with Crippen molar-refractivity contribution in [1.29, 1.82) is 0 Å². The minimum absolute atomic E-state index is 0.903. The number of benzene rings is 11. The number of anilines is 3. The quantitative estimate of drug-likeness (QED) is 0.149. The fourth-order valence-electron chi connectivity index (χ4n) is 10.1. The molecule has 0 radical (unpaired) electrons. The fraction of sp³-hybridized carbons (Fsp3) is 0. The van der Waals surface area contributed by atoms with Gasteiger partial charge in [0.25, 0.3) is 0 Å². The molecule has 2 heterocycles. The van der Waals surface area contributed by atoms with Crippen molar-refractivity contribution in [2.45, 2.75) is 0 Å². The summed E-state index contributed by atoms with van der Waals surface area (Å²) >= 11 is 0. The summed E-state index contributed by atoms with van der Waals surface area (Å²) in [6.45, 7) is 0. The van der Waals surface area contributed by atoms with Crippen LogP contribution in [0, 0.1) is 0 Å². The third kappa shape index (κ3) is 6.12. The molecule has 304 valence electrons.